The van der Waals surface area contributed by atoms with E-state index in [2.05, 4.69) is 52.5 Å². The van der Waals surface area contributed by atoms with Gasteiger partial charge in [0.1, 0.15) is 11.6 Å². The molecule has 1 unspecified atom stereocenters. The average Bonchev–Trinajstić information content (AvgIpc) is 3.39. The van der Waals surface area contributed by atoms with Crippen LogP contribution in [0.3, 0.4) is 0 Å². The van der Waals surface area contributed by atoms with E-state index in [-0.39, 0.29) is 5.92 Å². The summed E-state index contributed by atoms with van der Waals surface area (Å²) in [5.41, 5.74) is 5.43. The van der Waals surface area contributed by atoms with Gasteiger partial charge in [-0.2, -0.15) is 5.10 Å². The lowest BCUT2D eigenvalue weighted by Gasteiger charge is -2.09. The Hall–Kier alpha value is -3.54. The van der Waals surface area contributed by atoms with E-state index in [0.717, 1.165) is 40.8 Å². The van der Waals surface area contributed by atoms with Crippen LogP contribution in [0, 0.1) is 11.8 Å². The smallest absolute Gasteiger partial charge is 0.161 e. The van der Waals surface area contributed by atoms with E-state index in [0.29, 0.717) is 23.9 Å². The number of H-pyrrole nitrogens is 1. The van der Waals surface area contributed by atoms with Crippen LogP contribution in [0.15, 0.2) is 54.9 Å². The van der Waals surface area contributed by atoms with Crippen LogP contribution in [0.2, 0.25) is 0 Å². The van der Waals surface area contributed by atoms with E-state index in [4.69, 9.17) is 4.98 Å². The molecule has 0 saturated carbocycles. The molecule has 1 atom stereocenters. The Morgan fingerprint density at radius 1 is 1.13 bits per heavy atom. The first-order valence-corrected chi connectivity index (χ1v) is 10.7. The zero-order valence-corrected chi connectivity index (χ0v) is 17.7. The van der Waals surface area contributed by atoms with Crippen LogP contribution in [0.1, 0.15) is 31.4 Å². The zero-order chi connectivity index (χ0) is 21.4. The summed E-state index contributed by atoms with van der Waals surface area (Å²) >= 11 is 0. The highest BCUT2D eigenvalue weighted by atomic mass is 16.1. The molecule has 2 heterocycles. The van der Waals surface area contributed by atoms with Gasteiger partial charge in [0.2, 0.25) is 0 Å². The molecule has 0 spiro atoms. The van der Waals surface area contributed by atoms with Gasteiger partial charge in [-0.3, -0.25) is 9.89 Å². The zero-order valence-electron chi connectivity index (χ0n) is 17.7. The molecule has 5 rings (SSSR count). The molecule has 0 bridgehead atoms. The van der Waals surface area contributed by atoms with Gasteiger partial charge in [-0.1, -0.05) is 26.0 Å². The van der Waals surface area contributed by atoms with Crippen LogP contribution in [0.25, 0.3) is 22.3 Å². The summed E-state index contributed by atoms with van der Waals surface area (Å²) in [5, 5.41) is 11.4. The second kappa shape index (κ2) is 7.95. The lowest BCUT2D eigenvalue weighted by molar-refractivity contribution is -0.123. The largest absolute Gasteiger partial charge is 0.340 e. The number of nitrogens with zero attached hydrogens (tertiary/aromatic N) is 3. The SMILES string of the molecule is CC(C)CC(=O)C1Cc2ccc(-c3nccc(Nc4ccc5[nH]ncc5c4)n3)cc2C1. The average molecular weight is 412 g/mol. The normalized spacial score (nSPS) is 15.4. The van der Waals surface area contributed by atoms with Gasteiger partial charge in [0, 0.05) is 35.2 Å². The van der Waals surface area contributed by atoms with E-state index in [1.165, 1.54) is 11.1 Å². The minimum absolute atomic E-state index is 0.111. The fourth-order valence-corrected chi connectivity index (χ4v) is 4.29. The summed E-state index contributed by atoms with van der Waals surface area (Å²) < 4.78 is 0. The molecule has 2 aromatic heterocycles. The van der Waals surface area contributed by atoms with Gasteiger partial charge in [-0.25, -0.2) is 9.97 Å². The predicted octanol–water partition coefficient (Wildman–Crippen LogP) is 5.09. The number of anilines is 2. The van der Waals surface area contributed by atoms with Crippen molar-refractivity contribution >= 4 is 28.2 Å². The summed E-state index contributed by atoms with van der Waals surface area (Å²) in [7, 11) is 0. The second-order valence-corrected chi connectivity index (χ2v) is 8.72. The number of benzene rings is 2. The van der Waals surface area contributed by atoms with E-state index in [1.54, 1.807) is 12.4 Å². The number of Topliss-reactive ketones (excluding diaryl/α,β-unsaturated/α-hetero) is 1. The lowest BCUT2D eigenvalue weighted by atomic mass is 9.94. The molecule has 6 nitrogen and oxygen atoms in total. The molecule has 0 saturated heterocycles. The number of nitrogens with one attached hydrogen (secondary N) is 2. The summed E-state index contributed by atoms with van der Waals surface area (Å²) in [5.74, 6) is 2.31. The van der Waals surface area contributed by atoms with Crippen molar-refractivity contribution in [2.24, 2.45) is 11.8 Å². The Balaban J connectivity index is 1.35. The molecule has 1 aliphatic carbocycles. The Labute approximate surface area is 181 Å². The highest BCUT2D eigenvalue weighted by Gasteiger charge is 2.27. The molecule has 0 aliphatic heterocycles. The maximum atomic E-state index is 12.5. The van der Waals surface area contributed by atoms with Gasteiger partial charge in [0.05, 0.1) is 11.7 Å². The Morgan fingerprint density at radius 3 is 2.87 bits per heavy atom. The third-order valence-corrected chi connectivity index (χ3v) is 5.83. The Bertz CT molecular complexity index is 1260. The van der Waals surface area contributed by atoms with Crippen molar-refractivity contribution in [1.29, 1.82) is 0 Å². The maximum absolute atomic E-state index is 12.5. The molecule has 0 amide bonds. The number of rotatable bonds is 6. The van der Waals surface area contributed by atoms with Crippen LogP contribution in [-0.2, 0) is 17.6 Å². The van der Waals surface area contributed by atoms with Gasteiger partial charge in [0.15, 0.2) is 5.82 Å². The molecule has 2 aromatic carbocycles. The van der Waals surface area contributed by atoms with Crippen molar-refractivity contribution in [1.82, 2.24) is 20.2 Å². The third kappa shape index (κ3) is 4.06. The van der Waals surface area contributed by atoms with Crippen molar-refractivity contribution in [2.45, 2.75) is 33.1 Å². The Kier molecular flexibility index (Phi) is 4.98. The molecular formula is C25H25N5O. The number of carbonyl (C=O) groups excluding carboxylic acids is 1. The first-order chi connectivity index (χ1) is 15.0. The fourth-order valence-electron chi connectivity index (χ4n) is 4.29. The number of aromatic amines is 1. The van der Waals surface area contributed by atoms with E-state index in [1.807, 2.05) is 24.3 Å². The number of ketones is 1. The molecule has 31 heavy (non-hydrogen) atoms. The van der Waals surface area contributed by atoms with Crippen molar-refractivity contribution in [3.8, 4) is 11.4 Å². The van der Waals surface area contributed by atoms with Crippen molar-refractivity contribution in [3.05, 3.63) is 66.0 Å². The molecule has 2 N–H and O–H groups in total. The summed E-state index contributed by atoms with van der Waals surface area (Å²) in [6.07, 6.45) is 5.89. The molecule has 4 aromatic rings. The third-order valence-electron chi connectivity index (χ3n) is 5.83. The van der Waals surface area contributed by atoms with Gasteiger partial charge >= 0.3 is 0 Å². The molecule has 1 aliphatic rings. The first kappa shape index (κ1) is 19.4. The number of hydrogen-bond acceptors (Lipinski definition) is 5. The van der Waals surface area contributed by atoms with E-state index in [9.17, 15) is 4.79 Å². The molecule has 0 fully saturated rings. The van der Waals surface area contributed by atoms with Gasteiger partial charge in [0.25, 0.3) is 0 Å². The van der Waals surface area contributed by atoms with Crippen molar-refractivity contribution < 1.29 is 4.79 Å². The lowest BCUT2D eigenvalue weighted by Crippen LogP contribution is -2.16. The quantitative estimate of drug-likeness (QED) is 0.461. The van der Waals surface area contributed by atoms with Crippen molar-refractivity contribution in [3.63, 3.8) is 0 Å². The minimum atomic E-state index is 0.111. The van der Waals surface area contributed by atoms with Crippen LogP contribution in [-0.4, -0.2) is 25.9 Å². The monoisotopic (exact) mass is 411 g/mol. The van der Waals surface area contributed by atoms with Gasteiger partial charge in [-0.15, -0.1) is 0 Å². The van der Waals surface area contributed by atoms with Crippen molar-refractivity contribution in [2.75, 3.05) is 5.32 Å². The predicted molar refractivity (Wildman–Crippen MR) is 122 cm³/mol. The number of hydrogen-bond donors (Lipinski definition) is 2. The highest BCUT2D eigenvalue weighted by Crippen LogP contribution is 2.32. The fraction of sp³-hybridized carbons (Fsp3) is 0.280. The second-order valence-electron chi connectivity index (χ2n) is 8.72. The number of fused-ring (bicyclic) bond motifs is 2. The highest BCUT2D eigenvalue weighted by molar-refractivity contribution is 5.83. The van der Waals surface area contributed by atoms with E-state index >= 15 is 0 Å². The van der Waals surface area contributed by atoms with Gasteiger partial charge in [-0.05, 0) is 60.2 Å². The van der Waals surface area contributed by atoms with Crippen LogP contribution < -0.4 is 5.32 Å². The topological polar surface area (TPSA) is 83.6 Å². The standard InChI is InChI=1S/C25H25N5O/c1-15(2)9-23(31)19-10-16-3-4-17(11-18(16)12-19)25-26-8-7-24(29-25)28-21-5-6-22-20(13-21)14-27-30-22/h3-8,11,13-15,19H,9-10,12H2,1-2H3,(H,27,30)(H,26,28,29). The first-order valence-electron chi connectivity index (χ1n) is 10.7. The molecular weight excluding hydrogens is 386 g/mol. The maximum Gasteiger partial charge on any atom is 0.161 e. The van der Waals surface area contributed by atoms with Crippen LogP contribution in [0.4, 0.5) is 11.5 Å². The van der Waals surface area contributed by atoms with Crippen LogP contribution >= 0.6 is 0 Å². The molecule has 6 heteroatoms. The minimum Gasteiger partial charge on any atom is -0.340 e. The molecule has 0 radical (unpaired) electrons. The number of aromatic nitrogens is 4. The summed E-state index contributed by atoms with van der Waals surface area (Å²) in [6, 6.07) is 14.2. The van der Waals surface area contributed by atoms with E-state index < -0.39 is 0 Å². The summed E-state index contributed by atoms with van der Waals surface area (Å²) in [4.78, 5) is 21.7. The van der Waals surface area contributed by atoms with Crippen LogP contribution in [0.5, 0.6) is 0 Å². The summed E-state index contributed by atoms with van der Waals surface area (Å²) in [6.45, 7) is 4.20. The Morgan fingerprint density at radius 2 is 2.00 bits per heavy atom. The number of carbonyl (C=O) groups is 1. The van der Waals surface area contributed by atoms with Gasteiger partial charge < -0.3 is 5.32 Å². The molecule has 156 valence electrons.